The first kappa shape index (κ1) is 20.3. The molecule has 1 amide bonds. The number of carbonyl (C=O) groups excluding carboxylic acids is 1. The zero-order valence-corrected chi connectivity index (χ0v) is 17.8. The highest BCUT2D eigenvalue weighted by molar-refractivity contribution is 7.89. The van der Waals surface area contributed by atoms with Crippen LogP contribution in [0, 0.1) is 0 Å². The van der Waals surface area contributed by atoms with Crippen LogP contribution in [-0.2, 0) is 10.0 Å². The fourth-order valence-electron chi connectivity index (χ4n) is 3.49. The van der Waals surface area contributed by atoms with E-state index in [1.54, 1.807) is 31.3 Å². The third-order valence-corrected chi connectivity index (χ3v) is 8.39. The SMILES string of the molecule is CCN(CC)S(=O)(=O)c1cc(C(=O)N2CCCC2c2cccs2)ccc1Cl. The molecule has 0 bridgehead atoms. The molecular weight excluding hydrogens is 404 g/mol. The first-order valence-electron chi connectivity index (χ1n) is 9.04. The highest BCUT2D eigenvalue weighted by Gasteiger charge is 2.32. The number of thiophene rings is 1. The maximum atomic E-state index is 13.1. The molecule has 0 N–H and O–H groups in total. The van der Waals surface area contributed by atoms with Gasteiger partial charge in [0.25, 0.3) is 5.91 Å². The monoisotopic (exact) mass is 426 g/mol. The van der Waals surface area contributed by atoms with E-state index < -0.39 is 10.0 Å². The number of sulfonamides is 1. The highest BCUT2D eigenvalue weighted by atomic mass is 35.5. The first-order valence-corrected chi connectivity index (χ1v) is 11.7. The standard InChI is InChI=1S/C19H23ClN2O3S2/c1-3-21(4-2)27(24,25)18-13-14(9-10-15(18)20)19(23)22-11-5-7-16(22)17-8-6-12-26-17/h6,8-10,12-13,16H,3-5,7,11H2,1-2H3. The predicted octanol–water partition coefficient (Wildman–Crippen LogP) is 4.41. The van der Waals surface area contributed by atoms with Crippen molar-refractivity contribution in [2.24, 2.45) is 0 Å². The molecule has 0 saturated carbocycles. The van der Waals surface area contributed by atoms with Crippen molar-refractivity contribution in [3.63, 3.8) is 0 Å². The fraction of sp³-hybridized carbons (Fsp3) is 0.421. The largest absolute Gasteiger partial charge is 0.331 e. The lowest BCUT2D eigenvalue weighted by Gasteiger charge is -2.25. The third-order valence-electron chi connectivity index (χ3n) is 4.89. The number of hydrogen-bond donors (Lipinski definition) is 0. The lowest BCUT2D eigenvalue weighted by Crippen LogP contribution is -2.32. The summed E-state index contributed by atoms with van der Waals surface area (Å²) in [5.74, 6) is -0.154. The zero-order valence-electron chi connectivity index (χ0n) is 15.4. The van der Waals surface area contributed by atoms with Gasteiger partial charge in [0.05, 0.1) is 11.1 Å². The van der Waals surface area contributed by atoms with Crippen LogP contribution in [0.5, 0.6) is 0 Å². The topological polar surface area (TPSA) is 57.7 Å². The summed E-state index contributed by atoms with van der Waals surface area (Å²) in [5, 5.41) is 2.14. The lowest BCUT2D eigenvalue weighted by molar-refractivity contribution is 0.0737. The summed E-state index contributed by atoms with van der Waals surface area (Å²) in [7, 11) is -3.74. The van der Waals surface area contributed by atoms with Crippen molar-refractivity contribution in [3.8, 4) is 0 Å². The molecule has 1 aromatic heterocycles. The van der Waals surface area contributed by atoms with Crippen molar-refractivity contribution in [2.45, 2.75) is 37.6 Å². The number of benzene rings is 1. The second-order valence-corrected chi connectivity index (χ2v) is 9.70. The van der Waals surface area contributed by atoms with E-state index in [4.69, 9.17) is 11.6 Å². The molecule has 2 aromatic rings. The van der Waals surface area contributed by atoms with Gasteiger partial charge in [0, 0.05) is 30.1 Å². The number of rotatable bonds is 6. The molecule has 2 heterocycles. The Morgan fingerprint density at radius 2 is 2.04 bits per heavy atom. The van der Waals surface area contributed by atoms with Crippen molar-refractivity contribution in [1.29, 1.82) is 0 Å². The molecule has 0 radical (unpaired) electrons. The van der Waals surface area contributed by atoms with Crippen LogP contribution in [0.15, 0.2) is 40.6 Å². The molecule has 1 aliphatic heterocycles. The van der Waals surface area contributed by atoms with Gasteiger partial charge in [0.15, 0.2) is 0 Å². The molecule has 0 aliphatic carbocycles. The van der Waals surface area contributed by atoms with Crippen molar-refractivity contribution < 1.29 is 13.2 Å². The van der Waals surface area contributed by atoms with Gasteiger partial charge in [-0.25, -0.2) is 8.42 Å². The Bertz CT molecular complexity index is 909. The maximum absolute atomic E-state index is 13.1. The minimum atomic E-state index is -3.74. The van der Waals surface area contributed by atoms with Gasteiger partial charge in [0.2, 0.25) is 10.0 Å². The van der Waals surface area contributed by atoms with Gasteiger partial charge >= 0.3 is 0 Å². The van der Waals surface area contributed by atoms with Gasteiger partial charge in [-0.15, -0.1) is 11.3 Å². The van der Waals surface area contributed by atoms with E-state index in [0.29, 0.717) is 25.2 Å². The molecule has 146 valence electrons. The third kappa shape index (κ3) is 3.92. The van der Waals surface area contributed by atoms with E-state index in [1.165, 1.54) is 16.4 Å². The first-order chi connectivity index (χ1) is 12.9. The maximum Gasteiger partial charge on any atom is 0.254 e. The normalized spacial score (nSPS) is 17.6. The summed E-state index contributed by atoms with van der Waals surface area (Å²) in [6, 6.07) is 8.60. The molecule has 8 heteroatoms. The van der Waals surface area contributed by atoms with Gasteiger partial charge in [0.1, 0.15) is 4.90 Å². The van der Waals surface area contributed by atoms with Crippen LogP contribution in [0.25, 0.3) is 0 Å². The minimum Gasteiger partial charge on any atom is -0.331 e. The zero-order chi connectivity index (χ0) is 19.6. The predicted molar refractivity (Wildman–Crippen MR) is 109 cm³/mol. The van der Waals surface area contributed by atoms with E-state index in [9.17, 15) is 13.2 Å². The van der Waals surface area contributed by atoms with E-state index >= 15 is 0 Å². The summed E-state index contributed by atoms with van der Waals surface area (Å²) in [4.78, 5) is 16.1. The second-order valence-electron chi connectivity index (χ2n) is 6.41. The smallest absolute Gasteiger partial charge is 0.254 e. The molecule has 1 fully saturated rings. The molecule has 0 spiro atoms. The van der Waals surface area contributed by atoms with Crippen LogP contribution < -0.4 is 0 Å². The molecule has 1 aliphatic rings. The van der Waals surface area contributed by atoms with E-state index in [0.717, 1.165) is 17.7 Å². The molecule has 5 nitrogen and oxygen atoms in total. The van der Waals surface area contributed by atoms with Crippen LogP contribution in [0.3, 0.4) is 0 Å². The van der Waals surface area contributed by atoms with Crippen LogP contribution in [0.4, 0.5) is 0 Å². The molecular formula is C19H23ClN2O3S2. The highest BCUT2D eigenvalue weighted by Crippen LogP contribution is 2.36. The van der Waals surface area contributed by atoms with Gasteiger partial charge in [-0.05, 0) is 42.5 Å². The Labute approximate surface area is 169 Å². The quantitative estimate of drug-likeness (QED) is 0.687. The van der Waals surface area contributed by atoms with Crippen LogP contribution >= 0.6 is 22.9 Å². The number of hydrogen-bond acceptors (Lipinski definition) is 4. The van der Waals surface area contributed by atoms with Crippen molar-refractivity contribution in [1.82, 2.24) is 9.21 Å². The fourth-order valence-corrected chi connectivity index (χ4v) is 6.32. The van der Waals surface area contributed by atoms with Crippen molar-refractivity contribution in [2.75, 3.05) is 19.6 Å². The Morgan fingerprint density at radius 1 is 1.30 bits per heavy atom. The summed E-state index contributed by atoms with van der Waals surface area (Å²) >= 11 is 7.82. The minimum absolute atomic E-state index is 0.00872. The number of likely N-dealkylation sites (tertiary alicyclic amines) is 1. The lowest BCUT2D eigenvalue weighted by atomic mass is 10.1. The van der Waals surface area contributed by atoms with Gasteiger partial charge < -0.3 is 4.90 Å². The van der Waals surface area contributed by atoms with Crippen LogP contribution in [-0.4, -0.2) is 43.2 Å². The van der Waals surface area contributed by atoms with Crippen LogP contribution in [0.2, 0.25) is 5.02 Å². The van der Waals surface area contributed by atoms with Crippen LogP contribution in [0.1, 0.15) is 48.0 Å². The van der Waals surface area contributed by atoms with E-state index in [1.807, 2.05) is 22.4 Å². The van der Waals surface area contributed by atoms with Crippen molar-refractivity contribution >= 4 is 38.9 Å². The number of carbonyl (C=O) groups is 1. The molecule has 1 saturated heterocycles. The molecule has 1 aromatic carbocycles. The average molecular weight is 427 g/mol. The Hall–Kier alpha value is -1.41. The Balaban J connectivity index is 1.95. The van der Waals surface area contributed by atoms with Crippen molar-refractivity contribution in [3.05, 3.63) is 51.2 Å². The van der Waals surface area contributed by atoms with Gasteiger partial charge in [-0.1, -0.05) is 31.5 Å². The number of amides is 1. The Kier molecular flexibility index (Phi) is 6.25. The molecule has 1 atom stereocenters. The van der Waals surface area contributed by atoms with E-state index in [2.05, 4.69) is 0 Å². The summed E-state index contributed by atoms with van der Waals surface area (Å²) in [6.07, 6.45) is 1.86. The molecule has 3 rings (SSSR count). The Morgan fingerprint density at radius 3 is 2.67 bits per heavy atom. The average Bonchev–Trinajstić information content (AvgIpc) is 3.33. The van der Waals surface area contributed by atoms with E-state index in [-0.39, 0.29) is 21.9 Å². The van der Waals surface area contributed by atoms with Gasteiger partial charge in [-0.2, -0.15) is 4.31 Å². The second kappa shape index (κ2) is 8.31. The summed E-state index contributed by atoms with van der Waals surface area (Å²) in [6.45, 7) is 4.92. The number of nitrogens with zero attached hydrogens (tertiary/aromatic N) is 2. The van der Waals surface area contributed by atoms with Gasteiger partial charge in [-0.3, -0.25) is 4.79 Å². The summed E-state index contributed by atoms with van der Waals surface area (Å²) < 4.78 is 27.1. The molecule has 1 unspecified atom stereocenters. The molecule has 27 heavy (non-hydrogen) atoms. The number of halogens is 1. The summed E-state index contributed by atoms with van der Waals surface area (Å²) in [5.41, 5.74) is 0.355.